The average Bonchev–Trinajstić information content (AvgIpc) is 2.74. The van der Waals surface area contributed by atoms with E-state index in [-0.39, 0.29) is 12.2 Å². The molecular formula is C9H13FN2O2S2. The van der Waals surface area contributed by atoms with Crippen LogP contribution in [0.4, 0.5) is 4.39 Å². The Hall–Kier alpha value is -0.820. The third kappa shape index (κ3) is 3.97. The molecule has 0 aliphatic heterocycles. The van der Waals surface area contributed by atoms with Gasteiger partial charge >= 0.3 is 0 Å². The highest BCUT2D eigenvalue weighted by Gasteiger charge is 2.09. The molecule has 1 rings (SSSR count). The topological polar surface area (TPSA) is 56.0 Å². The maximum Gasteiger partial charge on any atom is 0.193 e. The zero-order valence-corrected chi connectivity index (χ0v) is 10.5. The number of nitrogens with zero attached hydrogens (tertiary/aromatic N) is 2. The first-order valence-corrected chi connectivity index (χ1v) is 6.99. The summed E-state index contributed by atoms with van der Waals surface area (Å²) < 4.78 is 24.7. The van der Waals surface area contributed by atoms with Crippen molar-refractivity contribution in [3.05, 3.63) is 16.3 Å². The van der Waals surface area contributed by atoms with Crippen LogP contribution in [0.1, 0.15) is 18.2 Å². The van der Waals surface area contributed by atoms with Crippen LogP contribution in [0, 0.1) is 5.21 Å². The molecule has 7 heteroatoms. The Morgan fingerprint density at radius 1 is 1.75 bits per heavy atom. The molecule has 1 aromatic rings. The highest BCUT2D eigenvalue weighted by molar-refractivity contribution is 7.87. The molecule has 0 aliphatic rings. The lowest BCUT2D eigenvalue weighted by molar-refractivity contribution is -0.447. The molecule has 0 saturated carbocycles. The molecule has 1 aromatic heterocycles. The van der Waals surface area contributed by atoms with Gasteiger partial charge in [-0.2, -0.15) is 0 Å². The van der Waals surface area contributed by atoms with E-state index >= 15 is 0 Å². The number of hydrogen-bond acceptors (Lipinski definition) is 4. The molecule has 0 saturated heterocycles. The fourth-order valence-corrected chi connectivity index (χ4v) is 3.15. The number of thiazole rings is 1. The molecule has 1 heterocycles. The van der Waals surface area contributed by atoms with Gasteiger partial charge in [-0.1, -0.05) is 11.3 Å². The van der Waals surface area contributed by atoms with E-state index in [9.17, 15) is 13.8 Å². The molecule has 0 aliphatic carbocycles. The van der Waals surface area contributed by atoms with Crippen molar-refractivity contribution in [3.8, 4) is 0 Å². The molecule has 0 radical (unpaired) electrons. The summed E-state index contributed by atoms with van der Waals surface area (Å²) in [6.45, 7) is 1.63. The highest BCUT2D eigenvalue weighted by atomic mass is 32.2. The molecule has 0 spiro atoms. The van der Waals surface area contributed by atoms with Gasteiger partial charge in [-0.05, 0) is 13.3 Å². The summed E-state index contributed by atoms with van der Waals surface area (Å²) in [6.07, 6.45) is 3.19. The second-order valence-corrected chi connectivity index (χ2v) is 5.79. The molecule has 1 unspecified atom stereocenters. The monoisotopic (exact) mass is 264 g/mol. The first kappa shape index (κ1) is 13.2. The van der Waals surface area contributed by atoms with E-state index in [2.05, 4.69) is 4.98 Å². The summed E-state index contributed by atoms with van der Waals surface area (Å²) in [7, 11) is -1.25. The van der Waals surface area contributed by atoms with E-state index in [1.165, 1.54) is 23.7 Å². The lowest BCUT2D eigenvalue weighted by atomic mass is 10.6. The molecule has 16 heavy (non-hydrogen) atoms. The number of aromatic nitrogens is 1. The Balaban J connectivity index is 2.67. The number of alkyl halides is 1. The van der Waals surface area contributed by atoms with Gasteiger partial charge in [-0.3, -0.25) is 8.60 Å². The molecule has 0 aromatic carbocycles. The van der Waals surface area contributed by atoms with Crippen molar-refractivity contribution >= 4 is 28.4 Å². The molecular weight excluding hydrogens is 251 g/mol. The van der Waals surface area contributed by atoms with E-state index < -0.39 is 17.5 Å². The first-order chi connectivity index (χ1) is 7.67. The Kier molecular flexibility index (Phi) is 5.54. The zero-order chi connectivity index (χ0) is 12.0. The fourth-order valence-electron chi connectivity index (χ4n) is 0.941. The van der Waals surface area contributed by atoms with Crippen molar-refractivity contribution in [2.24, 2.45) is 0 Å². The normalized spacial score (nSPS) is 14.0. The minimum absolute atomic E-state index is 0.272. The molecule has 0 amide bonds. The predicted octanol–water partition coefficient (Wildman–Crippen LogP) is 1.56. The van der Waals surface area contributed by atoms with Gasteiger partial charge in [0.15, 0.2) is 17.1 Å². The minimum Gasteiger partial charge on any atom is -0.624 e. The van der Waals surface area contributed by atoms with Gasteiger partial charge in [0.25, 0.3) is 0 Å². The van der Waals surface area contributed by atoms with Gasteiger partial charge in [0.1, 0.15) is 4.88 Å². The third-order valence-electron chi connectivity index (χ3n) is 1.74. The zero-order valence-electron chi connectivity index (χ0n) is 8.89. The number of hydrogen-bond donors (Lipinski definition) is 0. The summed E-state index contributed by atoms with van der Waals surface area (Å²) in [5.41, 5.74) is 0. The number of rotatable bonds is 6. The van der Waals surface area contributed by atoms with Gasteiger partial charge < -0.3 is 5.21 Å². The van der Waals surface area contributed by atoms with E-state index in [1.807, 2.05) is 0 Å². The standard InChI is InChI=1S/C9H13FN2O2S2/c1-2-12(13)7-8-6-11-9(15-8)16(14)5-3-4-10/h6-7H,2-5H2,1H3/b12-7-. The van der Waals surface area contributed by atoms with Crippen LogP contribution in [-0.4, -0.2) is 39.1 Å². The van der Waals surface area contributed by atoms with E-state index in [1.54, 1.807) is 6.92 Å². The van der Waals surface area contributed by atoms with Crippen LogP contribution in [0.25, 0.3) is 0 Å². The van der Waals surface area contributed by atoms with E-state index in [0.29, 0.717) is 15.8 Å². The molecule has 0 fully saturated rings. The van der Waals surface area contributed by atoms with Crippen LogP contribution >= 0.6 is 11.3 Å². The van der Waals surface area contributed by atoms with Crippen LogP contribution in [0.5, 0.6) is 0 Å². The fraction of sp³-hybridized carbons (Fsp3) is 0.556. The lowest BCUT2D eigenvalue weighted by Crippen LogP contribution is -2.02. The Morgan fingerprint density at radius 3 is 3.12 bits per heavy atom. The molecule has 0 N–H and O–H groups in total. The largest absolute Gasteiger partial charge is 0.624 e. The maximum atomic E-state index is 11.9. The van der Waals surface area contributed by atoms with E-state index in [0.717, 1.165) is 4.74 Å². The van der Waals surface area contributed by atoms with E-state index in [4.69, 9.17) is 0 Å². The summed E-state index contributed by atoms with van der Waals surface area (Å²) in [6, 6.07) is 0. The van der Waals surface area contributed by atoms with Crippen molar-refractivity contribution < 1.29 is 13.3 Å². The van der Waals surface area contributed by atoms with Crippen molar-refractivity contribution in [3.63, 3.8) is 0 Å². The molecule has 90 valence electrons. The van der Waals surface area contributed by atoms with Gasteiger partial charge in [0.05, 0.1) is 23.7 Å². The quantitative estimate of drug-likeness (QED) is 0.339. The highest BCUT2D eigenvalue weighted by Crippen LogP contribution is 2.15. The van der Waals surface area contributed by atoms with Crippen molar-refractivity contribution in [1.82, 2.24) is 4.98 Å². The van der Waals surface area contributed by atoms with Crippen molar-refractivity contribution in [2.75, 3.05) is 19.0 Å². The van der Waals surface area contributed by atoms with Crippen molar-refractivity contribution in [1.29, 1.82) is 0 Å². The number of hydroxylamine groups is 1. The summed E-state index contributed by atoms with van der Waals surface area (Å²) in [5, 5.41) is 11.0. The van der Waals surface area contributed by atoms with Gasteiger partial charge in [-0.15, -0.1) is 0 Å². The molecule has 4 nitrogen and oxygen atoms in total. The van der Waals surface area contributed by atoms with Gasteiger partial charge in [-0.25, -0.2) is 9.72 Å². The van der Waals surface area contributed by atoms with Crippen LogP contribution < -0.4 is 0 Å². The van der Waals surface area contributed by atoms with Gasteiger partial charge in [0.2, 0.25) is 0 Å². The predicted molar refractivity (Wildman–Crippen MR) is 63.3 cm³/mol. The smallest absolute Gasteiger partial charge is 0.193 e. The first-order valence-electron chi connectivity index (χ1n) is 4.86. The summed E-state index contributed by atoms with van der Waals surface area (Å²) >= 11 is 1.20. The maximum absolute atomic E-state index is 11.9. The Morgan fingerprint density at radius 2 is 2.50 bits per heavy atom. The van der Waals surface area contributed by atoms with Gasteiger partial charge in [0, 0.05) is 5.75 Å². The van der Waals surface area contributed by atoms with Crippen LogP contribution in [0.2, 0.25) is 0 Å². The summed E-state index contributed by atoms with van der Waals surface area (Å²) in [5.74, 6) is 0.276. The second-order valence-electron chi connectivity index (χ2n) is 2.98. The third-order valence-corrected chi connectivity index (χ3v) is 4.43. The van der Waals surface area contributed by atoms with Crippen molar-refractivity contribution in [2.45, 2.75) is 17.7 Å². The average molecular weight is 264 g/mol. The number of halogens is 1. The van der Waals surface area contributed by atoms with Crippen LogP contribution in [0.15, 0.2) is 10.5 Å². The van der Waals surface area contributed by atoms with Crippen LogP contribution in [-0.2, 0) is 10.8 Å². The molecule has 0 bridgehead atoms. The Bertz CT molecular complexity index is 393. The summed E-state index contributed by atoms with van der Waals surface area (Å²) in [4.78, 5) is 4.62. The molecule has 1 atom stereocenters. The lowest BCUT2D eigenvalue weighted by Gasteiger charge is -1.96. The second kappa shape index (κ2) is 6.70. The Labute approximate surface area is 99.9 Å². The van der Waals surface area contributed by atoms with Crippen LogP contribution in [0.3, 0.4) is 0 Å². The SMILES string of the molecule is CC/[N+]([O-])=C/c1cnc(S(=O)CCCF)s1. The minimum atomic E-state index is -1.25.